The summed E-state index contributed by atoms with van der Waals surface area (Å²) in [7, 11) is 2.23. The highest BCUT2D eigenvalue weighted by Gasteiger charge is 2.05. The summed E-state index contributed by atoms with van der Waals surface area (Å²) in [4.78, 5) is 19.5. The highest BCUT2D eigenvalue weighted by molar-refractivity contribution is 5.73. The summed E-state index contributed by atoms with van der Waals surface area (Å²) < 4.78 is 4.12. The molecule has 2 atom stereocenters. The fraction of sp³-hybridized carbons (Fsp3) is 0.750. The Balaban J connectivity index is -0.0000000743. The molecule has 0 aromatic heterocycles. The van der Waals surface area contributed by atoms with Gasteiger partial charge in [0.05, 0.1) is 7.11 Å². The molecule has 0 aliphatic rings. The first-order valence-electron chi connectivity index (χ1n) is 3.94. The number of carboxylic acids is 1. The lowest BCUT2D eigenvalue weighted by Crippen LogP contribution is -2.16. The number of rotatable bonds is 2. The Morgan fingerprint density at radius 2 is 1.31 bits per heavy atom. The molecule has 0 bridgehead atoms. The molecule has 0 saturated heterocycles. The molecule has 0 radical (unpaired) electrons. The normalized spacial score (nSPS) is 11.2. The molecule has 0 spiro atoms. The molecule has 0 aromatic rings. The molecule has 0 rings (SSSR count). The van der Waals surface area contributed by atoms with Crippen LogP contribution >= 0.6 is 0 Å². The second-order valence-electron chi connectivity index (χ2n) is 2.21. The molecule has 7 N–H and O–H groups in total. The number of methoxy groups -OCH3 is 1. The van der Waals surface area contributed by atoms with E-state index in [-0.39, 0.29) is 5.48 Å². The number of hydrogen-bond donors (Lipinski definition) is 4. The molecule has 2 unspecified atom stereocenters. The summed E-state index contributed by atoms with van der Waals surface area (Å²) >= 11 is 0. The molecule has 0 aliphatic heterocycles. The molecular weight excluding hydrogens is 224 g/mol. The van der Waals surface area contributed by atoms with Crippen LogP contribution in [0.3, 0.4) is 0 Å². The number of carbonyl (C=O) groups is 2. The summed E-state index contributed by atoms with van der Waals surface area (Å²) in [6.45, 7) is 2.55. The highest BCUT2D eigenvalue weighted by Crippen LogP contribution is 1.80. The van der Waals surface area contributed by atoms with Gasteiger partial charge in [-0.2, -0.15) is 0 Å². The number of ether oxygens (including phenoxy) is 1. The van der Waals surface area contributed by atoms with Crippen molar-refractivity contribution in [3.05, 3.63) is 0 Å². The lowest BCUT2D eigenvalue weighted by atomic mass is 10.4. The fourth-order valence-electron chi connectivity index (χ4n) is 0.171. The number of aliphatic hydroxyl groups excluding tert-OH is 3. The van der Waals surface area contributed by atoms with Gasteiger partial charge in [-0.15, -0.1) is 0 Å². The van der Waals surface area contributed by atoms with E-state index in [1.165, 1.54) is 21.0 Å². The van der Waals surface area contributed by atoms with Gasteiger partial charge in [-0.3, -0.25) is 0 Å². The molecule has 16 heavy (non-hydrogen) atoms. The second kappa shape index (κ2) is 16.2. The van der Waals surface area contributed by atoms with Crippen molar-refractivity contribution in [1.82, 2.24) is 0 Å². The lowest BCUT2D eigenvalue weighted by Gasteiger charge is -1.97. The number of carboxylic acid groups (broad SMARTS) is 1. The average Bonchev–Trinajstić information content (AvgIpc) is 2.20. The first kappa shape index (κ1) is 24.2. The van der Waals surface area contributed by atoms with Gasteiger partial charge in [-0.1, -0.05) is 0 Å². The maximum atomic E-state index is 10.0. The smallest absolute Gasteiger partial charge is 0.334 e. The SMILES string of the molecule is CC(O)C(=O)O.CO.COC(=O)C(C)O.[OH3+]. The third kappa shape index (κ3) is 23.0. The van der Waals surface area contributed by atoms with Gasteiger partial charge in [-0.25, -0.2) is 9.59 Å². The van der Waals surface area contributed by atoms with E-state index in [1.807, 2.05) is 0 Å². The number of aliphatic hydroxyl groups is 3. The van der Waals surface area contributed by atoms with Crippen molar-refractivity contribution in [3.8, 4) is 0 Å². The molecule has 0 heterocycles. The first-order valence-corrected chi connectivity index (χ1v) is 3.94. The minimum atomic E-state index is -1.23. The molecule has 100 valence electrons. The standard InChI is InChI=1S/C4H8O3.C3H6O3.CH4O.H2O/c1-3(5)4(6)7-2;1-2(4)3(5)6;1-2;/h3,5H,1-2H3;2,4H,1H3,(H,5,6);2H,1H3;1H2/p+1. The van der Waals surface area contributed by atoms with Crippen LogP contribution in [-0.2, 0) is 19.8 Å². The fourth-order valence-corrected chi connectivity index (χ4v) is 0.171. The molecule has 0 fully saturated rings. The van der Waals surface area contributed by atoms with Gasteiger partial charge in [0.2, 0.25) is 0 Å². The molecule has 0 amide bonds. The predicted molar refractivity (Wildman–Crippen MR) is 56.0 cm³/mol. The Hall–Kier alpha value is -1.22. The predicted octanol–water partition coefficient (Wildman–Crippen LogP) is -2.32. The number of aliphatic carboxylic acids is 1. The summed E-state index contributed by atoms with van der Waals surface area (Å²) in [6.07, 6.45) is -2.23. The second-order valence-corrected chi connectivity index (χ2v) is 2.21. The lowest BCUT2D eigenvalue weighted by molar-refractivity contribution is -0.149. The zero-order valence-corrected chi connectivity index (χ0v) is 9.75. The molecular formula is C8H21O8+. The number of hydrogen-bond acceptors (Lipinski definition) is 6. The Bertz CT molecular complexity index is 165. The summed E-state index contributed by atoms with van der Waals surface area (Å²) in [6, 6.07) is 0. The first-order chi connectivity index (χ1) is 6.82. The van der Waals surface area contributed by atoms with Crippen molar-refractivity contribution < 1.29 is 40.2 Å². The van der Waals surface area contributed by atoms with Gasteiger partial charge < -0.3 is 30.6 Å². The van der Waals surface area contributed by atoms with Crippen LogP contribution in [0, 0.1) is 0 Å². The topological polar surface area (TPSA) is 157 Å². The van der Waals surface area contributed by atoms with Crippen LogP contribution in [0.25, 0.3) is 0 Å². The number of carbonyl (C=O) groups excluding carboxylic acids is 1. The quantitative estimate of drug-likeness (QED) is 0.314. The van der Waals surface area contributed by atoms with Gasteiger partial charge in [0, 0.05) is 7.11 Å². The van der Waals surface area contributed by atoms with Gasteiger partial charge in [0.15, 0.2) is 0 Å². The molecule has 8 heteroatoms. The molecule has 8 nitrogen and oxygen atoms in total. The third-order valence-corrected chi connectivity index (χ3v) is 0.900. The van der Waals surface area contributed by atoms with Crippen molar-refractivity contribution in [2.75, 3.05) is 14.2 Å². The van der Waals surface area contributed by atoms with E-state index in [9.17, 15) is 9.59 Å². The van der Waals surface area contributed by atoms with Gasteiger partial charge in [0.1, 0.15) is 12.2 Å². The summed E-state index contributed by atoms with van der Waals surface area (Å²) in [5.74, 6) is -1.78. The summed E-state index contributed by atoms with van der Waals surface area (Å²) in [5, 5.41) is 31.1. The van der Waals surface area contributed by atoms with Crippen molar-refractivity contribution in [1.29, 1.82) is 0 Å². The van der Waals surface area contributed by atoms with E-state index in [2.05, 4.69) is 4.74 Å². The van der Waals surface area contributed by atoms with Crippen LogP contribution in [0.15, 0.2) is 0 Å². The zero-order chi connectivity index (χ0) is 13.0. The third-order valence-electron chi connectivity index (χ3n) is 0.900. The maximum absolute atomic E-state index is 10.0. The van der Waals surface area contributed by atoms with Gasteiger partial charge in [-0.05, 0) is 13.8 Å². The van der Waals surface area contributed by atoms with Crippen LogP contribution in [0.4, 0.5) is 0 Å². The average molecular weight is 245 g/mol. The Kier molecular flexibility index (Phi) is 24.5. The van der Waals surface area contributed by atoms with Crippen molar-refractivity contribution in [2.24, 2.45) is 0 Å². The maximum Gasteiger partial charge on any atom is 0.334 e. The van der Waals surface area contributed by atoms with Gasteiger partial charge >= 0.3 is 11.9 Å². The zero-order valence-electron chi connectivity index (χ0n) is 9.75. The Labute approximate surface area is 93.4 Å². The van der Waals surface area contributed by atoms with E-state index < -0.39 is 24.1 Å². The molecule has 0 saturated carbocycles. The van der Waals surface area contributed by atoms with Gasteiger partial charge in [0.25, 0.3) is 0 Å². The largest absolute Gasteiger partial charge is 0.479 e. The van der Waals surface area contributed by atoms with Crippen LogP contribution in [-0.4, -0.2) is 58.8 Å². The van der Waals surface area contributed by atoms with E-state index in [1.54, 1.807) is 0 Å². The molecule has 0 aliphatic carbocycles. The van der Waals surface area contributed by atoms with Crippen molar-refractivity contribution in [3.63, 3.8) is 0 Å². The molecule has 0 aromatic carbocycles. The van der Waals surface area contributed by atoms with E-state index in [0.29, 0.717) is 0 Å². The van der Waals surface area contributed by atoms with Crippen LogP contribution in [0.2, 0.25) is 0 Å². The Morgan fingerprint density at radius 1 is 1.06 bits per heavy atom. The van der Waals surface area contributed by atoms with Crippen LogP contribution in [0.1, 0.15) is 13.8 Å². The van der Waals surface area contributed by atoms with Crippen LogP contribution in [0.5, 0.6) is 0 Å². The monoisotopic (exact) mass is 245 g/mol. The van der Waals surface area contributed by atoms with E-state index in [4.69, 9.17) is 20.4 Å². The van der Waals surface area contributed by atoms with Crippen molar-refractivity contribution >= 4 is 11.9 Å². The number of esters is 1. The minimum absolute atomic E-state index is 0. The van der Waals surface area contributed by atoms with E-state index >= 15 is 0 Å². The van der Waals surface area contributed by atoms with E-state index in [0.717, 1.165) is 7.11 Å². The highest BCUT2D eigenvalue weighted by atomic mass is 16.5. The minimum Gasteiger partial charge on any atom is -0.479 e. The Morgan fingerprint density at radius 3 is 1.31 bits per heavy atom. The van der Waals surface area contributed by atoms with Crippen molar-refractivity contribution in [2.45, 2.75) is 26.1 Å². The van der Waals surface area contributed by atoms with Crippen LogP contribution < -0.4 is 0 Å². The summed E-state index contributed by atoms with van der Waals surface area (Å²) in [5.41, 5.74) is 0.